The molecule has 78 valence electrons. The van der Waals surface area contributed by atoms with Gasteiger partial charge >= 0.3 is 0 Å². The van der Waals surface area contributed by atoms with E-state index in [2.05, 4.69) is 18.9 Å². The van der Waals surface area contributed by atoms with E-state index in [0.29, 0.717) is 17.9 Å². The molecule has 2 N–H and O–H groups in total. The zero-order chi connectivity index (χ0) is 10.7. The number of rotatable bonds is 4. The van der Waals surface area contributed by atoms with E-state index in [1.807, 2.05) is 0 Å². The van der Waals surface area contributed by atoms with Crippen molar-refractivity contribution in [1.29, 1.82) is 0 Å². The molecule has 4 heteroatoms. The van der Waals surface area contributed by atoms with Gasteiger partial charge in [0, 0.05) is 13.2 Å². The van der Waals surface area contributed by atoms with Crippen LogP contribution in [0.1, 0.15) is 30.6 Å². The van der Waals surface area contributed by atoms with Crippen molar-refractivity contribution in [3.63, 3.8) is 0 Å². The average Bonchev–Trinajstić information content (AvgIpc) is 2.49. The summed E-state index contributed by atoms with van der Waals surface area (Å²) >= 11 is 0. The summed E-state index contributed by atoms with van der Waals surface area (Å²) in [7, 11) is 1.78. The fourth-order valence-corrected chi connectivity index (χ4v) is 1.38. The molecule has 14 heavy (non-hydrogen) atoms. The van der Waals surface area contributed by atoms with E-state index in [-0.39, 0.29) is 5.78 Å². The maximum absolute atomic E-state index is 11.7. The van der Waals surface area contributed by atoms with E-state index in [0.717, 1.165) is 0 Å². The fourth-order valence-electron chi connectivity index (χ4n) is 1.38. The molecule has 1 atom stereocenters. The summed E-state index contributed by atoms with van der Waals surface area (Å²) in [5, 5.41) is 3.94. The third-order valence-corrected chi connectivity index (χ3v) is 2.05. The molecule has 1 aromatic heterocycles. The van der Waals surface area contributed by atoms with Crippen molar-refractivity contribution < 1.29 is 4.79 Å². The molecule has 0 spiro atoms. The molecular weight excluding hydrogens is 178 g/mol. The van der Waals surface area contributed by atoms with Crippen LogP contribution in [0.15, 0.2) is 12.4 Å². The maximum Gasteiger partial charge on any atom is 0.182 e. The number of nitrogens with zero attached hydrogens (tertiary/aromatic N) is 2. The number of Topliss-reactive ketones (excluding diaryl/α,β-unsaturated/α-hetero) is 1. The molecule has 0 amide bonds. The van der Waals surface area contributed by atoms with E-state index < -0.39 is 6.04 Å². The van der Waals surface area contributed by atoms with Crippen LogP contribution in [0, 0.1) is 5.92 Å². The summed E-state index contributed by atoms with van der Waals surface area (Å²) in [6.45, 7) is 4.10. The molecule has 0 aromatic carbocycles. The Labute approximate surface area is 84.1 Å². The lowest BCUT2D eigenvalue weighted by Gasteiger charge is -2.11. The number of hydrogen-bond acceptors (Lipinski definition) is 3. The predicted octanol–water partition coefficient (Wildman–Crippen LogP) is 0.976. The number of hydrogen-bond donors (Lipinski definition) is 1. The van der Waals surface area contributed by atoms with Crippen LogP contribution in [0.25, 0.3) is 0 Å². The minimum absolute atomic E-state index is 0.0215. The van der Waals surface area contributed by atoms with Crippen LogP contribution in [0.2, 0.25) is 0 Å². The normalized spacial score (nSPS) is 13.2. The summed E-state index contributed by atoms with van der Waals surface area (Å²) in [4.78, 5) is 11.7. The molecule has 1 rings (SSSR count). The van der Waals surface area contributed by atoms with Crippen LogP contribution in [-0.2, 0) is 7.05 Å². The summed E-state index contributed by atoms with van der Waals surface area (Å²) in [6, 6.07) is -0.404. The summed E-state index contributed by atoms with van der Waals surface area (Å²) in [5.41, 5.74) is 6.37. The van der Waals surface area contributed by atoms with Crippen molar-refractivity contribution in [2.75, 3.05) is 0 Å². The highest BCUT2D eigenvalue weighted by Crippen LogP contribution is 2.08. The minimum atomic E-state index is -0.404. The van der Waals surface area contributed by atoms with E-state index in [4.69, 9.17) is 5.73 Å². The lowest BCUT2D eigenvalue weighted by molar-refractivity contribution is 0.0951. The average molecular weight is 195 g/mol. The Morgan fingerprint density at radius 1 is 1.64 bits per heavy atom. The number of aryl methyl sites for hydroxylation is 1. The highest BCUT2D eigenvalue weighted by Gasteiger charge is 2.17. The van der Waals surface area contributed by atoms with Crippen molar-refractivity contribution in [2.24, 2.45) is 18.7 Å². The second-order valence-electron chi connectivity index (χ2n) is 4.00. The SMILES string of the molecule is CC(C)C[C@@H](N)C(=O)c1cnn(C)c1. The molecule has 0 fully saturated rings. The van der Waals surface area contributed by atoms with Gasteiger partial charge in [0.1, 0.15) is 0 Å². The van der Waals surface area contributed by atoms with Gasteiger partial charge in [0.15, 0.2) is 5.78 Å². The Hall–Kier alpha value is -1.16. The first kappa shape index (κ1) is 10.9. The van der Waals surface area contributed by atoms with Gasteiger partial charge in [-0.05, 0) is 12.3 Å². The van der Waals surface area contributed by atoms with Crippen molar-refractivity contribution in [2.45, 2.75) is 26.3 Å². The summed E-state index contributed by atoms with van der Waals surface area (Å²) in [5.74, 6) is 0.414. The number of nitrogens with two attached hydrogens (primary N) is 1. The lowest BCUT2D eigenvalue weighted by atomic mass is 9.98. The van der Waals surface area contributed by atoms with E-state index in [1.165, 1.54) is 0 Å². The predicted molar refractivity (Wildman–Crippen MR) is 55.0 cm³/mol. The van der Waals surface area contributed by atoms with Gasteiger partial charge in [0.25, 0.3) is 0 Å². The second-order valence-corrected chi connectivity index (χ2v) is 4.00. The van der Waals surface area contributed by atoms with Crippen molar-refractivity contribution in [3.8, 4) is 0 Å². The van der Waals surface area contributed by atoms with Crippen LogP contribution in [0.3, 0.4) is 0 Å². The molecule has 0 aliphatic heterocycles. The Morgan fingerprint density at radius 2 is 2.29 bits per heavy atom. The molecule has 0 bridgehead atoms. The third kappa shape index (κ3) is 2.67. The van der Waals surface area contributed by atoms with Gasteiger partial charge in [0.05, 0.1) is 17.8 Å². The standard InChI is InChI=1S/C10H17N3O/c1-7(2)4-9(11)10(14)8-5-12-13(3)6-8/h5-7,9H,4,11H2,1-3H3/t9-/m1/s1. The maximum atomic E-state index is 11.7. The molecule has 0 saturated heterocycles. The zero-order valence-corrected chi connectivity index (χ0v) is 8.90. The van der Waals surface area contributed by atoms with Crippen LogP contribution in [0.5, 0.6) is 0 Å². The first-order valence-electron chi connectivity index (χ1n) is 4.79. The number of ketones is 1. The van der Waals surface area contributed by atoms with Gasteiger partial charge in [0.2, 0.25) is 0 Å². The van der Waals surface area contributed by atoms with Gasteiger partial charge in [-0.3, -0.25) is 9.48 Å². The molecule has 0 aliphatic carbocycles. The third-order valence-electron chi connectivity index (χ3n) is 2.05. The molecule has 1 aromatic rings. The number of aromatic nitrogens is 2. The van der Waals surface area contributed by atoms with Crippen LogP contribution < -0.4 is 5.73 Å². The van der Waals surface area contributed by atoms with Gasteiger partial charge in [-0.2, -0.15) is 5.10 Å². The molecule has 0 unspecified atom stereocenters. The molecule has 0 radical (unpaired) electrons. The second kappa shape index (κ2) is 4.37. The smallest absolute Gasteiger partial charge is 0.182 e. The topological polar surface area (TPSA) is 60.9 Å². The van der Waals surface area contributed by atoms with Crippen molar-refractivity contribution in [3.05, 3.63) is 18.0 Å². The van der Waals surface area contributed by atoms with Crippen LogP contribution in [-0.4, -0.2) is 21.6 Å². The highest BCUT2D eigenvalue weighted by molar-refractivity contribution is 5.99. The lowest BCUT2D eigenvalue weighted by Crippen LogP contribution is -2.31. The van der Waals surface area contributed by atoms with Gasteiger partial charge < -0.3 is 5.73 Å². The first-order valence-corrected chi connectivity index (χ1v) is 4.79. The summed E-state index contributed by atoms with van der Waals surface area (Å²) < 4.78 is 1.61. The van der Waals surface area contributed by atoms with Crippen molar-refractivity contribution >= 4 is 5.78 Å². The fraction of sp³-hybridized carbons (Fsp3) is 0.600. The van der Waals surface area contributed by atoms with Gasteiger partial charge in [-0.1, -0.05) is 13.8 Å². The van der Waals surface area contributed by atoms with Crippen LogP contribution >= 0.6 is 0 Å². The highest BCUT2D eigenvalue weighted by atomic mass is 16.1. The Bertz CT molecular complexity index is 317. The molecule has 4 nitrogen and oxygen atoms in total. The Morgan fingerprint density at radius 3 is 2.71 bits per heavy atom. The van der Waals surface area contributed by atoms with E-state index in [9.17, 15) is 4.79 Å². The largest absolute Gasteiger partial charge is 0.321 e. The Balaban J connectivity index is 2.65. The van der Waals surface area contributed by atoms with Gasteiger partial charge in [-0.15, -0.1) is 0 Å². The van der Waals surface area contributed by atoms with Gasteiger partial charge in [-0.25, -0.2) is 0 Å². The molecule has 0 saturated carbocycles. The monoisotopic (exact) mass is 195 g/mol. The number of carbonyl (C=O) groups is 1. The molecule has 0 aliphatic rings. The first-order chi connectivity index (χ1) is 6.50. The van der Waals surface area contributed by atoms with E-state index in [1.54, 1.807) is 24.1 Å². The van der Waals surface area contributed by atoms with Crippen molar-refractivity contribution in [1.82, 2.24) is 9.78 Å². The summed E-state index contributed by atoms with van der Waals surface area (Å²) in [6.07, 6.45) is 3.97. The molecule has 1 heterocycles. The number of carbonyl (C=O) groups excluding carboxylic acids is 1. The van der Waals surface area contributed by atoms with Crippen LogP contribution in [0.4, 0.5) is 0 Å². The quantitative estimate of drug-likeness (QED) is 0.728. The molecular formula is C10H17N3O. The minimum Gasteiger partial charge on any atom is -0.321 e. The zero-order valence-electron chi connectivity index (χ0n) is 8.90. The Kier molecular flexibility index (Phi) is 3.41. The van der Waals surface area contributed by atoms with E-state index >= 15 is 0 Å².